The molecule has 1 rings (SSSR count). The van der Waals surface area contributed by atoms with Gasteiger partial charge in [-0.2, -0.15) is 0 Å². The molecule has 16 heavy (non-hydrogen) atoms. The fraction of sp³-hybridized carbons (Fsp3) is 0.417. The molecular formula is C12H16BrNO2. The van der Waals surface area contributed by atoms with Crippen LogP contribution in [0.15, 0.2) is 28.7 Å². The smallest absolute Gasteiger partial charge is 0.308 e. The Labute approximate surface area is 104 Å². The lowest BCUT2D eigenvalue weighted by atomic mass is 9.96. The molecule has 1 aromatic carbocycles. The van der Waals surface area contributed by atoms with Crippen LogP contribution >= 0.6 is 15.9 Å². The third kappa shape index (κ3) is 3.85. The van der Waals surface area contributed by atoms with Gasteiger partial charge in [-0.1, -0.05) is 35.8 Å². The maximum atomic E-state index is 11.0. The van der Waals surface area contributed by atoms with E-state index in [0.29, 0.717) is 6.54 Å². The Balaban J connectivity index is 2.59. The highest BCUT2D eigenvalue weighted by atomic mass is 79.9. The van der Waals surface area contributed by atoms with E-state index in [0.717, 1.165) is 10.2 Å². The fourth-order valence-electron chi connectivity index (χ4n) is 1.43. The number of nitrogens with one attached hydrogen (secondary N) is 1. The Kier molecular flexibility index (Phi) is 4.80. The number of anilines is 1. The second-order valence-corrected chi connectivity index (χ2v) is 5.00. The van der Waals surface area contributed by atoms with Crippen molar-refractivity contribution in [2.24, 2.45) is 11.8 Å². The van der Waals surface area contributed by atoms with E-state index in [9.17, 15) is 4.79 Å². The Morgan fingerprint density at radius 1 is 1.50 bits per heavy atom. The molecule has 0 amide bonds. The molecule has 0 fully saturated rings. The van der Waals surface area contributed by atoms with Gasteiger partial charge in [0.05, 0.1) is 5.92 Å². The molecule has 0 aliphatic rings. The van der Waals surface area contributed by atoms with Crippen LogP contribution in [0, 0.1) is 11.8 Å². The fourth-order valence-corrected chi connectivity index (χ4v) is 1.83. The number of hydrogen-bond acceptors (Lipinski definition) is 2. The SMILES string of the molecule is CC(C)C(CNc1cccc(Br)c1)C(=O)O. The van der Waals surface area contributed by atoms with Gasteiger partial charge in [-0.05, 0) is 24.1 Å². The summed E-state index contributed by atoms with van der Waals surface area (Å²) in [6.07, 6.45) is 0. The summed E-state index contributed by atoms with van der Waals surface area (Å²) in [7, 11) is 0. The summed E-state index contributed by atoms with van der Waals surface area (Å²) in [6.45, 7) is 4.28. The van der Waals surface area contributed by atoms with Crippen LogP contribution in [0.5, 0.6) is 0 Å². The largest absolute Gasteiger partial charge is 0.481 e. The second-order valence-electron chi connectivity index (χ2n) is 4.08. The van der Waals surface area contributed by atoms with Gasteiger partial charge in [0.25, 0.3) is 0 Å². The normalized spacial score (nSPS) is 12.5. The highest BCUT2D eigenvalue weighted by molar-refractivity contribution is 9.10. The van der Waals surface area contributed by atoms with Crippen LogP contribution in [0.1, 0.15) is 13.8 Å². The van der Waals surface area contributed by atoms with Crippen LogP contribution < -0.4 is 5.32 Å². The van der Waals surface area contributed by atoms with Crippen LogP contribution in [0.4, 0.5) is 5.69 Å². The first kappa shape index (κ1) is 13.0. The van der Waals surface area contributed by atoms with Crippen LogP contribution in [0.2, 0.25) is 0 Å². The standard InChI is InChI=1S/C12H16BrNO2/c1-8(2)11(12(15)16)7-14-10-5-3-4-9(13)6-10/h3-6,8,11,14H,7H2,1-2H3,(H,15,16). The molecule has 2 N–H and O–H groups in total. The zero-order valence-electron chi connectivity index (χ0n) is 9.40. The van der Waals surface area contributed by atoms with E-state index in [1.54, 1.807) is 0 Å². The van der Waals surface area contributed by atoms with E-state index >= 15 is 0 Å². The third-order valence-electron chi connectivity index (χ3n) is 2.47. The summed E-state index contributed by atoms with van der Waals surface area (Å²) < 4.78 is 0.980. The maximum absolute atomic E-state index is 11.0. The Morgan fingerprint density at radius 3 is 2.69 bits per heavy atom. The average molecular weight is 286 g/mol. The monoisotopic (exact) mass is 285 g/mol. The van der Waals surface area contributed by atoms with E-state index in [4.69, 9.17) is 5.11 Å². The Hall–Kier alpha value is -1.03. The van der Waals surface area contributed by atoms with E-state index in [2.05, 4.69) is 21.2 Å². The summed E-state index contributed by atoms with van der Waals surface area (Å²) in [5.41, 5.74) is 0.932. The van der Waals surface area contributed by atoms with Crippen LogP contribution in [0.25, 0.3) is 0 Å². The molecule has 0 aromatic heterocycles. The van der Waals surface area contributed by atoms with Crippen molar-refractivity contribution in [3.8, 4) is 0 Å². The number of aliphatic carboxylic acids is 1. The molecule has 88 valence electrons. The number of carboxylic acids is 1. The van der Waals surface area contributed by atoms with Gasteiger partial charge < -0.3 is 10.4 Å². The van der Waals surface area contributed by atoms with Gasteiger partial charge in [-0.3, -0.25) is 4.79 Å². The topological polar surface area (TPSA) is 49.3 Å². The van der Waals surface area contributed by atoms with Crippen molar-refractivity contribution < 1.29 is 9.90 Å². The number of carbonyl (C=O) groups is 1. The molecule has 0 saturated carbocycles. The van der Waals surface area contributed by atoms with Crippen molar-refractivity contribution in [3.63, 3.8) is 0 Å². The van der Waals surface area contributed by atoms with Crippen molar-refractivity contribution >= 4 is 27.6 Å². The highest BCUT2D eigenvalue weighted by Gasteiger charge is 2.20. The van der Waals surface area contributed by atoms with E-state index < -0.39 is 5.97 Å². The van der Waals surface area contributed by atoms with Gasteiger partial charge in [0.1, 0.15) is 0 Å². The van der Waals surface area contributed by atoms with Crippen molar-refractivity contribution in [2.75, 3.05) is 11.9 Å². The van der Waals surface area contributed by atoms with E-state index in [-0.39, 0.29) is 11.8 Å². The summed E-state index contributed by atoms with van der Waals surface area (Å²) >= 11 is 3.37. The van der Waals surface area contributed by atoms with Crippen molar-refractivity contribution in [1.29, 1.82) is 0 Å². The summed E-state index contributed by atoms with van der Waals surface area (Å²) in [5, 5.41) is 12.2. The van der Waals surface area contributed by atoms with Gasteiger partial charge in [0.15, 0.2) is 0 Å². The first-order valence-electron chi connectivity index (χ1n) is 5.23. The van der Waals surface area contributed by atoms with Crippen molar-refractivity contribution in [2.45, 2.75) is 13.8 Å². The van der Waals surface area contributed by atoms with Crippen LogP contribution in [-0.2, 0) is 4.79 Å². The van der Waals surface area contributed by atoms with Gasteiger partial charge in [-0.25, -0.2) is 0 Å². The van der Waals surface area contributed by atoms with Crippen LogP contribution in [-0.4, -0.2) is 17.6 Å². The van der Waals surface area contributed by atoms with Gasteiger partial charge in [0, 0.05) is 16.7 Å². The summed E-state index contributed by atoms with van der Waals surface area (Å²) in [5.74, 6) is -0.992. The van der Waals surface area contributed by atoms with Gasteiger partial charge in [0.2, 0.25) is 0 Å². The summed E-state index contributed by atoms with van der Waals surface area (Å²) in [4.78, 5) is 11.0. The predicted octanol–water partition coefficient (Wildman–Crippen LogP) is 3.22. The average Bonchev–Trinajstić information content (AvgIpc) is 2.16. The Bertz CT molecular complexity index is 366. The van der Waals surface area contributed by atoms with Crippen molar-refractivity contribution in [3.05, 3.63) is 28.7 Å². The molecule has 1 unspecified atom stereocenters. The minimum absolute atomic E-state index is 0.122. The first-order chi connectivity index (χ1) is 7.50. The number of rotatable bonds is 5. The molecule has 0 aliphatic heterocycles. The number of benzene rings is 1. The number of halogens is 1. The summed E-state index contributed by atoms with van der Waals surface area (Å²) in [6, 6.07) is 7.70. The van der Waals surface area contributed by atoms with Gasteiger partial charge in [-0.15, -0.1) is 0 Å². The lowest BCUT2D eigenvalue weighted by Gasteiger charge is -2.17. The minimum Gasteiger partial charge on any atom is -0.481 e. The first-order valence-corrected chi connectivity index (χ1v) is 6.02. The molecule has 0 heterocycles. The maximum Gasteiger partial charge on any atom is 0.308 e. The number of hydrogen-bond donors (Lipinski definition) is 2. The molecule has 0 spiro atoms. The molecule has 1 atom stereocenters. The predicted molar refractivity (Wildman–Crippen MR) is 68.6 cm³/mol. The van der Waals surface area contributed by atoms with Crippen molar-refractivity contribution in [1.82, 2.24) is 0 Å². The quantitative estimate of drug-likeness (QED) is 0.873. The molecule has 4 heteroatoms. The zero-order chi connectivity index (χ0) is 12.1. The second kappa shape index (κ2) is 5.89. The zero-order valence-corrected chi connectivity index (χ0v) is 11.0. The molecule has 3 nitrogen and oxygen atoms in total. The third-order valence-corrected chi connectivity index (χ3v) is 2.97. The lowest BCUT2D eigenvalue weighted by molar-refractivity contribution is -0.142. The molecule has 0 bridgehead atoms. The van der Waals surface area contributed by atoms with Gasteiger partial charge >= 0.3 is 5.97 Å². The Morgan fingerprint density at radius 2 is 2.19 bits per heavy atom. The molecule has 0 aliphatic carbocycles. The van der Waals surface area contributed by atoms with E-state index in [1.165, 1.54) is 0 Å². The van der Waals surface area contributed by atoms with Crippen LogP contribution in [0.3, 0.4) is 0 Å². The molecule has 0 radical (unpaired) electrons. The molecule has 1 aromatic rings. The lowest BCUT2D eigenvalue weighted by Crippen LogP contribution is -2.27. The number of carboxylic acid groups (broad SMARTS) is 1. The van der Waals surface area contributed by atoms with E-state index in [1.807, 2.05) is 38.1 Å². The minimum atomic E-state index is -0.752. The highest BCUT2D eigenvalue weighted by Crippen LogP contribution is 2.17. The molecule has 0 saturated heterocycles. The molecular weight excluding hydrogens is 270 g/mol.